The third-order valence-electron chi connectivity index (χ3n) is 9.50. The van der Waals surface area contributed by atoms with E-state index in [0.717, 1.165) is 91.1 Å². The van der Waals surface area contributed by atoms with Gasteiger partial charge in [-0.2, -0.15) is 0 Å². The maximum atomic E-state index is 5.28. The lowest BCUT2D eigenvalue weighted by Crippen LogP contribution is -1.99. The van der Waals surface area contributed by atoms with Crippen molar-refractivity contribution in [1.82, 2.24) is 24.1 Å². The Kier molecular flexibility index (Phi) is 6.64. The first-order valence-electron chi connectivity index (χ1n) is 16.7. The van der Waals surface area contributed by atoms with Crippen LogP contribution in [-0.2, 0) is 13.0 Å². The number of imidazole rings is 2. The smallest absolute Gasteiger partial charge is 0.141 e. The molecule has 6 aromatic carbocycles. The summed E-state index contributed by atoms with van der Waals surface area (Å²) in [6.07, 6.45) is 0.825. The van der Waals surface area contributed by atoms with Crippen LogP contribution in [0.15, 0.2) is 140 Å². The van der Waals surface area contributed by atoms with Gasteiger partial charge in [-0.15, -0.1) is 0 Å². The molecule has 3 heterocycles. The Balaban J connectivity index is 1.16. The Bertz CT molecular complexity index is 2610. The summed E-state index contributed by atoms with van der Waals surface area (Å²) in [6.45, 7) is 5.21. The Labute approximate surface area is 278 Å². The molecule has 230 valence electrons. The van der Waals surface area contributed by atoms with Gasteiger partial charge in [-0.3, -0.25) is 4.57 Å². The second-order valence-electron chi connectivity index (χ2n) is 12.2. The number of nitrogens with zero attached hydrogens (tertiary/aromatic N) is 5. The van der Waals surface area contributed by atoms with Gasteiger partial charge >= 0.3 is 0 Å². The first kappa shape index (κ1) is 28.2. The molecule has 0 aliphatic heterocycles. The van der Waals surface area contributed by atoms with Crippen LogP contribution in [0.3, 0.4) is 0 Å². The van der Waals surface area contributed by atoms with E-state index in [1.807, 2.05) is 6.07 Å². The number of hydrogen-bond donors (Lipinski definition) is 0. The van der Waals surface area contributed by atoms with E-state index in [9.17, 15) is 0 Å². The summed E-state index contributed by atoms with van der Waals surface area (Å²) >= 11 is 0. The fraction of sp³-hybridized carbons (Fsp3) is 0.0930. The molecule has 9 aromatic rings. The minimum absolute atomic E-state index is 0.825. The number of fused-ring (bicyclic) bond motifs is 6. The molecule has 0 spiro atoms. The molecule has 0 aliphatic rings. The standard InChI is InChI=1S/C43H33N5/c1-3-39-46-42-38(48(39)32-12-6-5-7-13-32)27-26-34-33-14-8-9-15-35(33)44-41(40(34)42)30-22-18-28(19-23-30)29-20-24-31(25-21-29)43-45-36-16-10-11-17-37(36)47(43)4-2/h5-27H,3-4H2,1-2H3. The number of para-hydroxylation sites is 4. The second-order valence-corrected chi connectivity index (χ2v) is 12.2. The number of benzene rings is 6. The third-order valence-corrected chi connectivity index (χ3v) is 9.50. The van der Waals surface area contributed by atoms with Gasteiger partial charge in [-0.1, -0.05) is 110 Å². The van der Waals surface area contributed by atoms with Crippen molar-refractivity contribution >= 4 is 43.7 Å². The molecule has 3 aromatic heterocycles. The summed E-state index contributed by atoms with van der Waals surface area (Å²) in [5.74, 6) is 2.04. The van der Waals surface area contributed by atoms with E-state index in [-0.39, 0.29) is 0 Å². The van der Waals surface area contributed by atoms with Gasteiger partial charge in [0.05, 0.1) is 33.3 Å². The van der Waals surface area contributed by atoms with Gasteiger partial charge in [-0.05, 0) is 59.8 Å². The lowest BCUT2D eigenvalue weighted by molar-refractivity contribution is 0.796. The third kappa shape index (κ3) is 4.43. The highest BCUT2D eigenvalue weighted by Gasteiger charge is 2.19. The van der Waals surface area contributed by atoms with Crippen LogP contribution in [0.5, 0.6) is 0 Å². The molecule has 0 radical (unpaired) electrons. The summed E-state index contributed by atoms with van der Waals surface area (Å²) in [7, 11) is 0. The molecule has 0 N–H and O–H groups in total. The Morgan fingerprint density at radius 3 is 1.88 bits per heavy atom. The van der Waals surface area contributed by atoms with E-state index in [4.69, 9.17) is 15.0 Å². The van der Waals surface area contributed by atoms with Crippen LogP contribution < -0.4 is 0 Å². The second kappa shape index (κ2) is 11.3. The Morgan fingerprint density at radius 1 is 0.500 bits per heavy atom. The van der Waals surface area contributed by atoms with Gasteiger partial charge in [0.2, 0.25) is 0 Å². The molecule has 0 amide bonds. The first-order valence-corrected chi connectivity index (χ1v) is 16.7. The zero-order valence-electron chi connectivity index (χ0n) is 26.9. The zero-order valence-corrected chi connectivity index (χ0v) is 26.9. The Hall–Kier alpha value is -6.07. The number of aromatic nitrogens is 5. The van der Waals surface area contributed by atoms with Crippen LogP contribution in [0.4, 0.5) is 0 Å². The molecule has 9 rings (SSSR count). The molecular weight excluding hydrogens is 587 g/mol. The van der Waals surface area contributed by atoms with E-state index in [1.165, 1.54) is 10.9 Å². The van der Waals surface area contributed by atoms with Gasteiger partial charge in [-0.25, -0.2) is 15.0 Å². The molecule has 0 unspecified atom stereocenters. The normalized spacial score (nSPS) is 11.7. The molecule has 0 bridgehead atoms. The molecule has 5 nitrogen and oxygen atoms in total. The average molecular weight is 620 g/mol. The van der Waals surface area contributed by atoms with Crippen molar-refractivity contribution in [2.75, 3.05) is 0 Å². The Morgan fingerprint density at radius 2 is 1.15 bits per heavy atom. The summed E-state index contributed by atoms with van der Waals surface area (Å²) in [4.78, 5) is 15.5. The molecule has 0 saturated carbocycles. The van der Waals surface area contributed by atoms with E-state index < -0.39 is 0 Å². The summed E-state index contributed by atoms with van der Waals surface area (Å²) in [6, 6.07) is 49.3. The fourth-order valence-electron chi connectivity index (χ4n) is 7.19. The van der Waals surface area contributed by atoms with E-state index in [2.05, 4.69) is 156 Å². The SMILES string of the molecule is CCc1nc2c3c(-c4ccc(-c5ccc(-c6nc7ccccc7n6CC)cc5)cc4)nc4ccccc4c3ccc2n1-c1ccccc1. The van der Waals surface area contributed by atoms with Crippen molar-refractivity contribution in [3.63, 3.8) is 0 Å². The summed E-state index contributed by atoms with van der Waals surface area (Å²) in [5.41, 5.74) is 11.8. The van der Waals surface area contributed by atoms with Crippen molar-refractivity contribution in [2.24, 2.45) is 0 Å². The largest absolute Gasteiger partial charge is 0.324 e. The maximum absolute atomic E-state index is 5.28. The highest BCUT2D eigenvalue weighted by atomic mass is 15.1. The molecular formula is C43H33N5. The fourth-order valence-corrected chi connectivity index (χ4v) is 7.19. The van der Waals surface area contributed by atoms with E-state index in [1.54, 1.807) is 0 Å². The number of hydrogen-bond acceptors (Lipinski definition) is 3. The zero-order chi connectivity index (χ0) is 32.2. The van der Waals surface area contributed by atoms with E-state index >= 15 is 0 Å². The summed E-state index contributed by atoms with van der Waals surface area (Å²) < 4.78 is 4.57. The quantitative estimate of drug-likeness (QED) is 0.174. The van der Waals surface area contributed by atoms with Crippen LogP contribution in [0.25, 0.3) is 83.2 Å². The minimum Gasteiger partial charge on any atom is -0.324 e. The van der Waals surface area contributed by atoms with Gasteiger partial charge in [0, 0.05) is 40.6 Å². The maximum Gasteiger partial charge on any atom is 0.141 e. The van der Waals surface area contributed by atoms with E-state index in [0.29, 0.717) is 0 Å². The van der Waals surface area contributed by atoms with Gasteiger partial charge in [0.15, 0.2) is 0 Å². The highest BCUT2D eigenvalue weighted by Crippen LogP contribution is 2.39. The minimum atomic E-state index is 0.825. The lowest BCUT2D eigenvalue weighted by atomic mass is 9.97. The molecule has 48 heavy (non-hydrogen) atoms. The summed E-state index contributed by atoms with van der Waals surface area (Å²) in [5, 5.41) is 3.39. The van der Waals surface area contributed by atoms with Crippen molar-refractivity contribution in [2.45, 2.75) is 26.8 Å². The molecule has 5 heteroatoms. The number of rotatable bonds is 6. The van der Waals surface area contributed by atoms with Crippen LogP contribution in [-0.4, -0.2) is 24.1 Å². The molecule has 0 fully saturated rings. The first-order chi connectivity index (χ1) is 23.7. The van der Waals surface area contributed by atoms with Gasteiger partial charge in [0.25, 0.3) is 0 Å². The van der Waals surface area contributed by atoms with Crippen molar-refractivity contribution in [1.29, 1.82) is 0 Å². The van der Waals surface area contributed by atoms with Crippen LogP contribution >= 0.6 is 0 Å². The molecule has 0 aliphatic carbocycles. The monoisotopic (exact) mass is 619 g/mol. The number of pyridine rings is 1. The van der Waals surface area contributed by atoms with Crippen LogP contribution in [0.1, 0.15) is 19.7 Å². The number of aryl methyl sites for hydroxylation is 2. The highest BCUT2D eigenvalue weighted by molar-refractivity contribution is 6.19. The van der Waals surface area contributed by atoms with Crippen molar-refractivity contribution in [3.8, 4) is 39.5 Å². The van der Waals surface area contributed by atoms with Gasteiger partial charge < -0.3 is 4.57 Å². The predicted octanol–water partition coefficient (Wildman–Crippen LogP) is 10.7. The van der Waals surface area contributed by atoms with Crippen molar-refractivity contribution < 1.29 is 0 Å². The van der Waals surface area contributed by atoms with Crippen molar-refractivity contribution in [3.05, 3.63) is 145 Å². The lowest BCUT2D eigenvalue weighted by Gasteiger charge is -2.12. The molecule has 0 atom stereocenters. The predicted molar refractivity (Wildman–Crippen MR) is 199 cm³/mol. The topological polar surface area (TPSA) is 48.5 Å². The average Bonchev–Trinajstić information content (AvgIpc) is 3.73. The molecule has 0 saturated heterocycles. The van der Waals surface area contributed by atoms with Crippen LogP contribution in [0, 0.1) is 0 Å². The van der Waals surface area contributed by atoms with Gasteiger partial charge in [0.1, 0.15) is 11.6 Å². The van der Waals surface area contributed by atoms with Crippen LogP contribution in [0.2, 0.25) is 0 Å².